The summed E-state index contributed by atoms with van der Waals surface area (Å²) in [6.07, 6.45) is -3.02. The van der Waals surface area contributed by atoms with Crippen molar-refractivity contribution in [3.8, 4) is 5.75 Å². The molecule has 0 bridgehead atoms. The number of aromatic hydroxyl groups is 1. The summed E-state index contributed by atoms with van der Waals surface area (Å²) < 4.78 is 13.1. The van der Waals surface area contributed by atoms with Crippen LogP contribution >= 0.6 is 12.6 Å². The van der Waals surface area contributed by atoms with Crippen LogP contribution in [0.4, 0.5) is 10.1 Å². The van der Waals surface area contributed by atoms with Gasteiger partial charge in [0.25, 0.3) is 0 Å². The maximum absolute atomic E-state index is 13.1. The second kappa shape index (κ2) is 5.30. The summed E-state index contributed by atoms with van der Waals surface area (Å²) in [5, 5.41) is 38.8. The van der Waals surface area contributed by atoms with E-state index >= 15 is 0 Å². The number of benzene rings is 1. The van der Waals surface area contributed by atoms with Crippen molar-refractivity contribution in [2.45, 2.75) is 12.2 Å². The average Bonchev–Trinajstić information content (AvgIpc) is 2.29. The van der Waals surface area contributed by atoms with Crippen LogP contribution < -0.4 is 0 Å². The van der Waals surface area contributed by atoms with Gasteiger partial charge in [-0.1, -0.05) is 0 Å². The molecular weight excluding hydrogens is 253 g/mol. The summed E-state index contributed by atoms with van der Waals surface area (Å²) in [4.78, 5) is 9.52. The van der Waals surface area contributed by atoms with Gasteiger partial charge in [0.05, 0.1) is 17.1 Å². The van der Waals surface area contributed by atoms with Crippen molar-refractivity contribution < 1.29 is 24.6 Å². The maximum atomic E-state index is 13.1. The van der Waals surface area contributed by atoms with E-state index < -0.39 is 39.9 Å². The van der Waals surface area contributed by atoms with Gasteiger partial charge in [0.1, 0.15) is 11.9 Å². The maximum Gasteiger partial charge on any atom is 0.314 e. The highest BCUT2D eigenvalue weighted by molar-refractivity contribution is 7.80. The second-order valence-corrected chi connectivity index (χ2v) is 3.68. The molecule has 2 atom stereocenters. The first kappa shape index (κ1) is 13.7. The number of nitrogens with zero attached hydrogens (tertiary/aromatic N) is 1. The monoisotopic (exact) mass is 263 g/mol. The molecule has 0 saturated carbocycles. The molecule has 0 aliphatic heterocycles. The molecule has 2 unspecified atom stereocenters. The van der Waals surface area contributed by atoms with Gasteiger partial charge >= 0.3 is 5.69 Å². The molecule has 0 amide bonds. The molecule has 3 N–H and O–H groups in total. The highest BCUT2D eigenvalue weighted by Crippen LogP contribution is 2.35. The molecule has 0 radical (unpaired) electrons. The van der Waals surface area contributed by atoms with Crippen molar-refractivity contribution >= 4 is 18.3 Å². The summed E-state index contributed by atoms with van der Waals surface area (Å²) in [6.45, 7) is 0. The molecular formula is C9H10FNO5S. The average molecular weight is 263 g/mol. The fourth-order valence-corrected chi connectivity index (χ4v) is 1.48. The number of aliphatic hydroxyl groups is 2. The van der Waals surface area contributed by atoms with Crippen LogP contribution in [0.2, 0.25) is 0 Å². The van der Waals surface area contributed by atoms with Gasteiger partial charge in [-0.15, -0.1) is 0 Å². The Balaban J connectivity index is 3.29. The Labute approximate surface area is 101 Å². The molecule has 0 aliphatic rings. The lowest BCUT2D eigenvalue weighted by molar-refractivity contribution is -0.386. The molecule has 17 heavy (non-hydrogen) atoms. The zero-order valence-electron chi connectivity index (χ0n) is 8.45. The third-order valence-corrected chi connectivity index (χ3v) is 2.53. The Hall–Kier alpha value is -1.38. The van der Waals surface area contributed by atoms with E-state index in [9.17, 15) is 29.8 Å². The molecule has 94 valence electrons. The number of phenols is 1. The Morgan fingerprint density at radius 3 is 2.53 bits per heavy atom. The third-order valence-electron chi connectivity index (χ3n) is 2.15. The SMILES string of the molecule is O=[N+]([O-])c1cc(F)cc(C(O)C(O)CS)c1O. The van der Waals surface area contributed by atoms with Gasteiger partial charge in [-0.05, 0) is 6.07 Å². The number of nitro benzene ring substituents is 1. The molecule has 0 fully saturated rings. The quantitative estimate of drug-likeness (QED) is 0.365. The molecule has 1 aromatic carbocycles. The van der Waals surface area contributed by atoms with E-state index in [0.717, 1.165) is 6.07 Å². The number of hydrogen-bond acceptors (Lipinski definition) is 6. The number of nitro groups is 1. The summed E-state index contributed by atoms with van der Waals surface area (Å²) in [5.74, 6) is -2.01. The van der Waals surface area contributed by atoms with Crippen molar-refractivity contribution in [2.24, 2.45) is 0 Å². The molecule has 6 nitrogen and oxygen atoms in total. The van der Waals surface area contributed by atoms with E-state index in [2.05, 4.69) is 12.6 Å². The van der Waals surface area contributed by atoms with Crippen LogP contribution in [0.3, 0.4) is 0 Å². The van der Waals surface area contributed by atoms with Crippen molar-refractivity contribution in [3.05, 3.63) is 33.6 Å². The molecule has 8 heteroatoms. The second-order valence-electron chi connectivity index (χ2n) is 3.31. The summed E-state index contributed by atoms with van der Waals surface area (Å²) in [6, 6.07) is 1.25. The molecule has 0 aromatic heterocycles. The third kappa shape index (κ3) is 2.84. The normalized spacial score (nSPS) is 14.4. The van der Waals surface area contributed by atoms with Gasteiger partial charge in [-0.3, -0.25) is 10.1 Å². The number of halogens is 1. The minimum Gasteiger partial charge on any atom is -0.502 e. The fraction of sp³-hybridized carbons (Fsp3) is 0.333. The van der Waals surface area contributed by atoms with Gasteiger partial charge in [-0.2, -0.15) is 12.6 Å². The highest BCUT2D eigenvalue weighted by Gasteiger charge is 2.27. The van der Waals surface area contributed by atoms with E-state index in [1.165, 1.54) is 0 Å². The van der Waals surface area contributed by atoms with Crippen molar-refractivity contribution in [3.63, 3.8) is 0 Å². The first-order valence-electron chi connectivity index (χ1n) is 4.52. The van der Waals surface area contributed by atoms with Gasteiger partial charge in [0, 0.05) is 11.3 Å². The first-order valence-corrected chi connectivity index (χ1v) is 5.15. The van der Waals surface area contributed by atoms with Crippen LogP contribution in [-0.4, -0.2) is 32.1 Å². The Morgan fingerprint density at radius 2 is 2.06 bits per heavy atom. The summed E-state index contributed by atoms with van der Waals surface area (Å²) in [5.41, 5.74) is -1.32. The van der Waals surface area contributed by atoms with E-state index in [1.807, 2.05) is 0 Å². The minimum absolute atomic E-state index is 0.148. The Kier molecular flexibility index (Phi) is 4.27. The Morgan fingerprint density at radius 1 is 1.47 bits per heavy atom. The summed E-state index contributed by atoms with van der Waals surface area (Å²) in [7, 11) is 0. The lowest BCUT2D eigenvalue weighted by Crippen LogP contribution is -2.20. The summed E-state index contributed by atoms with van der Waals surface area (Å²) >= 11 is 3.71. The zero-order chi connectivity index (χ0) is 13.2. The van der Waals surface area contributed by atoms with Gasteiger partial charge in [0.15, 0.2) is 0 Å². The van der Waals surface area contributed by atoms with E-state index in [1.54, 1.807) is 0 Å². The van der Waals surface area contributed by atoms with E-state index in [4.69, 9.17) is 0 Å². The topological polar surface area (TPSA) is 104 Å². The molecule has 1 aromatic rings. The number of aliphatic hydroxyl groups excluding tert-OH is 2. The Bertz CT molecular complexity index is 442. The molecule has 0 heterocycles. The first-order chi connectivity index (χ1) is 7.88. The predicted molar refractivity (Wildman–Crippen MR) is 59.5 cm³/mol. The van der Waals surface area contributed by atoms with Crippen molar-refractivity contribution in [1.29, 1.82) is 0 Å². The lowest BCUT2D eigenvalue weighted by Gasteiger charge is -2.17. The molecule has 0 spiro atoms. The van der Waals surface area contributed by atoms with Crippen molar-refractivity contribution in [1.82, 2.24) is 0 Å². The number of phenolic OH excluding ortho intramolecular Hbond substituents is 1. The number of hydrogen-bond donors (Lipinski definition) is 4. The largest absolute Gasteiger partial charge is 0.502 e. The number of thiol groups is 1. The fourth-order valence-electron chi connectivity index (χ4n) is 1.28. The minimum atomic E-state index is -1.65. The standard InChI is InChI=1S/C9H10FNO5S/c10-4-1-5(9(14)7(12)3-17)8(13)6(2-4)11(15)16/h1-2,7,9,12-14,17H,3H2. The van der Waals surface area contributed by atoms with Crippen LogP contribution in [0.25, 0.3) is 0 Å². The smallest absolute Gasteiger partial charge is 0.314 e. The van der Waals surface area contributed by atoms with Crippen LogP contribution in [-0.2, 0) is 0 Å². The van der Waals surface area contributed by atoms with Crippen molar-refractivity contribution in [2.75, 3.05) is 5.75 Å². The predicted octanol–water partition coefficient (Wildman–Crippen LogP) is 0.764. The zero-order valence-corrected chi connectivity index (χ0v) is 9.34. The van der Waals surface area contributed by atoms with Crippen LogP contribution in [0.15, 0.2) is 12.1 Å². The molecule has 0 saturated heterocycles. The number of rotatable bonds is 4. The van der Waals surface area contributed by atoms with Gasteiger partial charge in [0.2, 0.25) is 5.75 Å². The van der Waals surface area contributed by atoms with E-state index in [-0.39, 0.29) is 5.75 Å². The molecule has 1 rings (SSSR count). The van der Waals surface area contributed by atoms with Crippen LogP contribution in [0.5, 0.6) is 5.75 Å². The lowest BCUT2D eigenvalue weighted by atomic mass is 10.0. The van der Waals surface area contributed by atoms with Crippen LogP contribution in [0.1, 0.15) is 11.7 Å². The van der Waals surface area contributed by atoms with E-state index in [0.29, 0.717) is 6.07 Å². The highest BCUT2D eigenvalue weighted by atomic mass is 32.1. The van der Waals surface area contributed by atoms with Gasteiger partial charge in [-0.25, -0.2) is 4.39 Å². The van der Waals surface area contributed by atoms with Crippen LogP contribution in [0, 0.1) is 15.9 Å². The molecule has 0 aliphatic carbocycles. The van der Waals surface area contributed by atoms with Gasteiger partial charge < -0.3 is 15.3 Å².